The van der Waals surface area contributed by atoms with Gasteiger partial charge in [-0.25, -0.2) is 4.98 Å². The molecule has 2 rings (SSSR count). The Kier molecular flexibility index (Phi) is 3.01. The van der Waals surface area contributed by atoms with Gasteiger partial charge in [-0.15, -0.1) is 0 Å². The van der Waals surface area contributed by atoms with Gasteiger partial charge in [-0.05, 0) is 37.8 Å². The molecule has 1 saturated carbocycles. The van der Waals surface area contributed by atoms with Crippen molar-refractivity contribution in [3.8, 4) is 11.6 Å². The van der Waals surface area contributed by atoms with E-state index in [2.05, 4.69) is 4.98 Å². The Labute approximate surface area is 95.8 Å². The van der Waals surface area contributed by atoms with Crippen molar-refractivity contribution in [3.05, 3.63) is 17.8 Å². The molecule has 88 valence electrons. The summed E-state index contributed by atoms with van der Waals surface area (Å²) in [6.07, 6.45) is 4.17. The molecule has 2 N–H and O–H groups in total. The van der Waals surface area contributed by atoms with E-state index in [-0.39, 0.29) is 5.54 Å². The Balaban J connectivity index is 2.04. The fourth-order valence-electron chi connectivity index (χ4n) is 1.69. The molecule has 0 atom stereocenters. The molecule has 1 heterocycles. The smallest absolute Gasteiger partial charge is 0.256 e. The summed E-state index contributed by atoms with van der Waals surface area (Å²) in [4.78, 5) is 4.39. The predicted molar refractivity (Wildman–Crippen MR) is 61.8 cm³/mol. The standard InChI is InChI=1S/C12H18N2O2/c1-15-10-4-3-9(14-11(10)16-2)5-6-12(13)7-8-12/h3-4H,5-8,13H2,1-2H3. The SMILES string of the molecule is COc1ccc(CCC2(N)CC2)nc1OC. The first-order valence-corrected chi connectivity index (χ1v) is 5.54. The molecule has 0 bridgehead atoms. The first kappa shape index (κ1) is 11.2. The first-order valence-electron chi connectivity index (χ1n) is 5.54. The second-order valence-corrected chi connectivity index (χ2v) is 4.38. The molecular formula is C12H18N2O2. The van der Waals surface area contributed by atoms with Crippen LogP contribution in [0.5, 0.6) is 11.6 Å². The number of nitrogens with zero attached hydrogens (tertiary/aromatic N) is 1. The van der Waals surface area contributed by atoms with Crippen LogP contribution >= 0.6 is 0 Å². The zero-order valence-corrected chi connectivity index (χ0v) is 9.82. The fraction of sp³-hybridized carbons (Fsp3) is 0.583. The van der Waals surface area contributed by atoms with Gasteiger partial charge in [0.2, 0.25) is 0 Å². The molecule has 0 radical (unpaired) electrons. The average molecular weight is 222 g/mol. The maximum Gasteiger partial charge on any atom is 0.256 e. The van der Waals surface area contributed by atoms with Gasteiger partial charge in [0.15, 0.2) is 5.75 Å². The van der Waals surface area contributed by atoms with E-state index in [1.165, 1.54) is 0 Å². The minimum atomic E-state index is 0.0782. The molecule has 1 aromatic rings. The zero-order chi connectivity index (χ0) is 11.6. The van der Waals surface area contributed by atoms with Crippen molar-refractivity contribution in [2.75, 3.05) is 14.2 Å². The van der Waals surface area contributed by atoms with Gasteiger partial charge < -0.3 is 15.2 Å². The van der Waals surface area contributed by atoms with E-state index in [0.717, 1.165) is 31.4 Å². The Morgan fingerprint density at radius 3 is 2.62 bits per heavy atom. The summed E-state index contributed by atoms with van der Waals surface area (Å²) in [6, 6.07) is 3.85. The van der Waals surface area contributed by atoms with Crippen LogP contribution in [-0.4, -0.2) is 24.7 Å². The maximum absolute atomic E-state index is 6.04. The molecule has 0 aromatic carbocycles. The van der Waals surface area contributed by atoms with Crippen molar-refractivity contribution >= 4 is 0 Å². The van der Waals surface area contributed by atoms with Crippen LogP contribution in [0.1, 0.15) is 25.0 Å². The minimum Gasteiger partial charge on any atom is -0.491 e. The van der Waals surface area contributed by atoms with Crippen molar-refractivity contribution in [2.24, 2.45) is 5.73 Å². The molecule has 0 aliphatic heterocycles. The highest BCUT2D eigenvalue weighted by Gasteiger charge is 2.37. The highest BCUT2D eigenvalue weighted by Crippen LogP contribution is 2.36. The number of methoxy groups -OCH3 is 2. The summed E-state index contributed by atoms with van der Waals surface area (Å²) >= 11 is 0. The van der Waals surface area contributed by atoms with Gasteiger partial charge in [-0.3, -0.25) is 0 Å². The molecule has 4 nitrogen and oxygen atoms in total. The van der Waals surface area contributed by atoms with E-state index >= 15 is 0 Å². The van der Waals surface area contributed by atoms with Crippen LogP contribution in [0.2, 0.25) is 0 Å². The predicted octanol–water partition coefficient (Wildman–Crippen LogP) is 1.52. The lowest BCUT2D eigenvalue weighted by molar-refractivity contribution is 0.341. The first-order chi connectivity index (χ1) is 7.67. The Bertz CT molecular complexity index is 375. The summed E-state index contributed by atoms with van der Waals surface area (Å²) in [5.41, 5.74) is 7.12. The molecule has 0 spiro atoms. The summed E-state index contributed by atoms with van der Waals surface area (Å²) in [6.45, 7) is 0. The highest BCUT2D eigenvalue weighted by atomic mass is 16.5. The maximum atomic E-state index is 6.04. The normalized spacial score (nSPS) is 16.9. The molecule has 1 aliphatic carbocycles. The molecule has 1 aromatic heterocycles. The Hall–Kier alpha value is -1.29. The van der Waals surface area contributed by atoms with Gasteiger partial charge in [0, 0.05) is 11.2 Å². The van der Waals surface area contributed by atoms with Gasteiger partial charge in [0.25, 0.3) is 5.88 Å². The van der Waals surface area contributed by atoms with Crippen molar-refractivity contribution < 1.29 is 9.47 Å². The topological polar surface area (TPSA) is 57.4 Å². The lowest BCUT2D eigenvalue weighted by Gasteiger charge is -2.10. The molecule has 1 aliphatic rings. The van der Waals surface area contributed by atoms with Gasteiger partial charge in [-0.2, -0.15) is 0 Å². The van der Waals surface area contributed by atoms with E-state index in [4.69, 9.17) is 15.2 Å². The monoisotopic (exact) mass is 222 g/mol. The zero-order valence-electron chi connectivity index (χ0n) is 9.82. The number of hydrogen-bond donors (Lipinski definition) is 1. The molecular weight excluding hydrogens is 204 g/mol. The van der Waals surface area contributed by atoms with Crippen molar-refractivity contribution in [2.45, 2.75) is 31.2 Å². The van der Waals surface area contributed by atoms with E-state index in [1.807, 2.05) is 12.1 Å². The number of aromatic nitrogens is 1. The summed E-state index contributed by atoms with van der Waals surface area (Å²) in [5, 5.41) is 0. The average Bonchev–Trinajstić information content (AvgIpc) is 3.05. The number of rotatable bonds is 5. The number of aryl methyl sites for hydroxylation is 1. The highest BCUT2D eigenvalue weighted by molar-refractivity contribution is 5.34. The van der Waals surface area contributed by atoms with Crippen molar-refractivity contribution in [3.63, 3.8) is 0 Å². The van der Waals surface area contributed by atoms with Crippen LogP contribution in [-0.2, 0) is 6.42 Å². The van der Waals surface area contributed by atoms with Crippen LogP contribution in [0.25, 0.3) is 0 Å². The third-order valence-electron chi connectivity index (χ3n) is 3.07. The molecule has 1 fully saturated rings. The summed E-state index contributed by atoms with van der Waals surface area (Å²) in [5.74, 6) is 1.21. The Morgan fingerprint density at radius 2 is 2.06 bits per heavy atom. The number of nitrogens with two attached hydrogens (primary N) is 1. The second-order valence-electron chi connectivity index (χ2n) is 4.38. The third-order valence-corrected chi connectivity index (χ3v) is 3.07. The third kappa shape index (κ3) is 2.44. The van der Waals surface area contributed by atoms with Gasteiger partial charge in [0.05, 0.1) is 14.2 Å². The molecule has 0 unspecified atom stereocenters. The lowest BCUT2D eigenvalue weighted by atomic mass is 10.1. The number of ether oxygens (including phenoxy) is 2. The largest absolute Gasteiger partial charge is 0.491 e. The quantitative estimate of drug-likeness (QED) is 0.820. The molecule has 4 heteroatoms. The van der Waals surface area contributed by atoms with E-state index < -0.39 is 0 Å². The minimum absolute atomic E-state index is 0.0782. The molecule has 16 heavy (non-hydrogen) atoms. The fourth-order valence-corrected chi connectivity index (χ4v) is 1.69. The van der Waals surface area contributed by atoms with Crippen molar-refractivity contribution in [1.29, 1.82) is 0 Å². The van der Waals surface area contributed by atoms with Crippen LogP contribution < -0.4 is 15.2 Å². The Morgan fingerprint density at radius 1 is 1.31 bits per heavy atom. The van der Waals surface area contributed by atoms with Crippen molar-refractivity contribution in [1.82, 2.24) is 4.98 Å². The van der Waals surface area contributed by atoms with Crippen LogP contribution in [0.4, 0.5) is 0 Å². The number of hydrogen-bond acceptors (Lipinski definition) is 4. The lowest BCUT2D eigenvalue weighted by Crippen LogP contribution is -2.22. The summed E-state index contributed by atoms with van der Waals surface area (Å²) < 4.78 is 10.3. The van der Waals surface area contributed by atoms with E-state index in [0.29, 0.717) is 11.6 Å². The summed E-state index contributed by atoms with van der Waals surface area (Å²) in [7, 11) is 3.21. The van der Waals surface area contributed by atoms with Crippen LogP contribution in [0, 0.1) is 0 Å². The van der Waals surface area contributed by atoms with Gasteiger partial charge in [0.1, 0.15) is 0 Å². The number of pyridine rings is 1. The second kappa shape index (κ2) is 4.29. The van der Waals surface area contributed by atoms with Crippen LogP contribution in [0.15, 0.2) is 12.1 Å². The van der Waals surface area contributed by atoms with Gasteiger partial charge in [-0.1, -0.05) is 0 Å². The molecule has 0 saturated heterocycles. The van der Waals surface area contributed by atoms with E-state index in [1.54, 1.807) is 14.2 Å². The van der Waals surface area contributed by atoms with Gasteiger partial charge >= 0.3 is 0 Å². The van der Waals surface area contributed by atoms with Crippen LogP contribution in [0.3, 0.4) is 0 Å². The molecule has 0 amide bonds. The van der Waals surface area contributed by atoms with E-state index in [9.17, 15) is 0 Å².